The molecule has 10 atom stereocenters. The van der Waals surface area contributed by atoms with E-state index in [1.54, 1.807) is 0 Å². The lowest BCUT2D eigenvalue weighted by atomic mass is 9.32. The number of hydrogen-bond donors (Lipinski definition) is 1. The number of hydrogen-bond acceptors (Lipinski definition) is 5. The maximum Gasteiger partial charge on any atom is 0.306 e. The molecular weight excluding hydrogens is 633 g/mol. The average Bonchev–Trinajstić information content (AvgIpc) is 3.41. The molecule has 0 radical (unpaired) electrons. The summed E-state index contributed by atoms with van der Waals surface area (Å²) in [7, 11) is 0. The average molecular weight is 709 g/mol. The van der Waals surface area contributed by atoms with E-state index in [4.69, 9.17) is 4.74 Å². The fourth-order valence-corrected chi connectivity index (χ4v) is 14.8. The first-order valence-electron chi connectivity index (χ1n) is 21.2. The van der Waals surface area contributed by atoms with Gasteiger partial charge in [0.25, 0.3) is 0 Å². The maximum absolute atomic E-state index is 13.3. The molecule has 5 saturated carbocycles. The first kappa shape index (κ1) is 39.3. The van der Waals surface area contributed by atoms with Gasteiger partial charge in [0, 0.05) is 37.6 Å². The lowest BCUT2D eigenvalue weighted by Crippen LogP contribution is -2.66. The fraction of sp³-hybridized carbons (Fsp3) is 0.911. The molecule has 6 heteroatoms. The van der Waals surface area contributed by atoms with E-state index in [1.165, 1.54) is 96.1 Å². The Balaban J connectivity index is 1.20. The minimum atomic E-state index is -0.863. The van der Waals surface area contributed by atoms with Crippen molar-refractivity contribution in [2.45, 2.75) is 165 Å². The van der Waals surface area contributed by atoms with Gasteiger partial charge in [-0.05, 0) is 155 Å². The van der Waals surface area contributed by atoms with Crippen LogP contribution < -0.4 is 0 Å². The number of rotatable bonds is 10. The van der Waals surface area contributed by atoms with Crippen LogP contribution in [0.5, 0.6) is 0 Å². The summed E-state index contributed by atoms with van der Waals surface area (Å²) >= 11 is 0. The monoisotopic (exact) mass is 709 g/mol. The highest BCUT2D eigenvalue weighted by Crippen LogP contribution is 2.78. The number of carbonyl (C=O) groups excluding carboxylic acids is 1. The van der Waals surface area contributed by atoms with Gasteiger partial charge in [0.2, 0.25) is 0 Å². The molecule has 1 saturated heterocycles. The molecule has 6 aliphatic rings. The minimum Gasteiger partial charge on any atom is -0.481 e. The van der Waals surface area contributed by atoms with Crippen molar-refractivity contribution in [1.82, 2.24) is 9.80 Å². The van der Waals surface area contributed by atoms with Gasteiger partial charge in [-0.2, -0.15) is 0 Å². The molecule has 1 aliphatic heterocycles. The molecule has 0 aromatic heterocycles. The Kier molecular flexibility index (Phi) is 10.6. The number of carboxylic acids is 1. The predicted octanol–water partition coefficient (Wildman–Crippen LogP) is 9.86. The molecule has 0 unspecified atom stereocenters. The van der Waals surface area contributed by atoms with Crippen LogP contribution in [0.1, 0.15) is 153 Å². The van der Waals surface area contributed by atoms with Crippen molar-refractivity contribution in [3.63, 3.8) is 0 Å². The molecule has 6 rings (SSSR count). The number of allylic oxidation sites excluding steroid dienone is 1. The molecular formula is C45H76N2O4. The van der Waals surface area contributed by atoms with Gasteiger partial charge in [0.15, 0.2) is 0 Å². The van der Waals surface area contributed by atoms with E-state index >= 15 is 0 Å². The van der Waals surface area contributed by atoms with E-state index in [9.17, 15) is 14.7 Å². The van der Waals surface area contributed by atoms with Gasteiger partial charge in [-0.3, -0.25) is 14.5 Å². The molecule has 290 valence electrons. The van der Waals surface area contributed by atoms with Crippen molar-refractivity contribution in [3.8, 4) is 0 Å². The van der Waals surface area contributed by atoms with E-state index in [1.807, 2.05) is 13.8 Å². The molecule has 0 amide bonds. The van der Waals surface area contributed by atoms with Crippen molar-refractivity contribution < 1.29 is 19.4 Å². The smallest absolute Gasteiger partial charge is 0.306 e. The Morgan fingerprint density at radius 2 is 1.53 bits per heavy atom. The first-order valence-corrected chi connectivity index (χ1v) is 21.2. The summed E-state index contributed by atoms with van der Waals surface area (Å²) in [6, 6.07) is 0.652. The van der Waals surface area contributed by atoms with Crippen molar-refractivity contribution >= 4 is 11.9 Å². The van der Waals surface area contributed by atoms with Crippen LogP contribution in [0.15, 0.2) is 12.2 Å². The van der Waals surface area contributed by atoms with E-state index in [-0.39, 0.29) is 35.7 Å². The molecule has 51 heavy (non-hydrogen) atoms. The number of fused-ring (bicyclic) bond motifs is 7. The molecule has 6 fully saturated rings. The first-order chi connectivity index (χ1) is 23.7. The normalized spacial score (nSPS) is 42.7. The number of ether oxygens (including phenoxy) is 1. The van der Waals surface area contributed by atoms with Crippen LogP contribution in [-0.4, -0.2) is 71.7 Å². The van der Waals surface area contributed by atoms with Gasteiger partial charge < -0.3 is 14.7 Å². The lowest BCUT2D eigenvalue weighted by Gasteiger charge is -2.73. The molecule has 0 bridgehead atoms. The minimum absolute atomic E-state index is 0.0261. The van der Waals surface area contributed by atoms with Gasteiger partial charge in [0.1, 0.15) is 6.10 Å². The molecule has 0 aromatic rings. The highest BCUT2D eigenvalue weighted by molar-refractivity contribution is 5.73. The van der Waals surface area contributed by atoms with Crippen LogP contribution in [0.3, 0.4) is 0 Å². The zero-order valence-electron chi connectivity index (χ0n) is 34.5. The lowest BCUT2D eigenvalue weighted by molar-refractivity contribution is -0.250. The number of esters is 1. The fourth-order valence-electron chi connectivity index (χ4n) is 14.8. The Labute approximate surface area is 312 Å². The second-order valence-corrected chi connectivity index (χ2v) is 21.5. The number of carbonyl (C=O) groups is 2. The van der Waals surface area contributed by atoms with Crippen LogP contribution in [0.4, 0.5) is 0 Å². The molecule has 6 nitrogen and oxygen atoms in total. The topological polar surface area (TPSA) is 70.1 Å². The SMILES string of the molecule is C=C(C)[C@@H]1CC[C@]2(CCN3CCN(C(C)C)CC3)CC[C@]3(C)[C@H](CC[C@@H]4[C@@]5(C)CC[C@H](OC(=O)CC(C)(C)CC(=O)O)C(C)(C)[C@@H]5CC[C@]43C)[C@@H]12. The second kappa shape index (κ2) is 13.7. The van der Waals surface area contributed by atoms with E-state index in [0.717, 1.165) is 24.7 Å². The van der Waals surface area contributed by atoms with E-state index < -0.39 is 11.4 Å². The molecule has 5 aliphatic carbocycles. The predicted molar refractivity (Wildman–Crippen MR) is 207 cm³/mol. The summed E-state index contributed by atoms with van der Waals surface area (Å²) in [6.45, 7) is 34.4. The van der Waals surface area contributed by atoms with Gasteiger partial charge in [-0.25, -0.2) is 0 Å². The van der Waals surface area contributed by atoms with Crippen LogP contribution in [-0.2, 0) is 14.3 Å². The second-order valence-electron chi connectivity index (χ2n) is 21.5. The van der Waals surface area contributed by atoms with Crippen molar-refractivity contribution in [2.24, 2.45) is 62.1 Å². The summed E-state index contributed by atoms with van der Waals surface area (Å²) in [6.07, 6.45) is 14.1. The van der Waals surface area contributed by atoms with Crippen molar-refractivity contribution in [3.05, 3.63) is 12.2 Å². The third kappa shape index (κ3) is 6.69. The molecule has 1 N–H and O–H groups in total. The molecule has 1 heterocycles. The Morgan fingerprint density at radius 1 is 0.843 bits per heavy atom. The van der Waals surface area contributed by atoms with E-state index in [0.29, 0.717) is 40.0 Å². The van der Waals surface area contributed by atoms with Crippen LogP contribution in [0.2, 0.25) is 0 Å². The number of aliphatic carboxylic acids is 1. The quantitative estimate of drug-likeness (QED) is 0.180. The summed E-state index contributed by atoms with van der Waals surface area (Å²) in [5.74, 6) is 2.31. The Morgan fingerprint density at radius 3 is 2.16 bits per heavy atom. The van der Waals surface area contributed by atoms with E-state index in [2.05, 4.69) is 71.8 Å². The maximum atomic E-state index is 13.3. The van der Waals surface area contributed by atoms with Crippen molar-refractivity contribution in [1.29, 1.82) is 0 Å². The summed E-state index contributed by atoms with van der Waals surface area (Å²) in [5, 5.41) is 9.36. The van der Waals surface area contributed by atoms with Crippen LogP contribution >= 0.6 is 0 Å². The van der Waals surface area contributed by atoms with Crippen LogP contribution in [0.25, 0.3) is 0 Å². The van der Waals surface area contributed by atoms with Crippen molar-refractivity contribution in [2.75, 3.05) is 32.7 Å². The highest BCUT2D eigenvalue weighted by Gasteiger charge is 2.71. The van der Waals surface area contributed by atoms with Gasteiger partial charge in [0.05, 0.1) is 12.8 Å². The van der Waals surface area contributed by atoms with Gasteiger partial charge in [-0.1, -0.05) is 60.6 Å². The molecule has 0 aromatic carbocycles. The Bertz CT molecular complexity index is 1330. The van der Waals surface area contributed by atoms with Gasteiger partial charge in [-0.15, -0.1) is 0 Å². The highest BCUT2D eigenvalue weighted by atomic mass is 16.5. The largest absolute Gasteiger partial charge is 0.481 e. The number of piperazine rings is 1. The standard InChI is InChI=1S/C45H76N2O4/c1-30(2)32-14-19-45(22-23-46-24-26-47(27-25-46)31(3)4)21-20-43(10)33(39(32)45)12-13-35-42(9)17-16-36(41(7,8)34(42)15-18-44(35,43)11)51-38(50)29-40(5,6)28-37(48)49/h31-36,39H,1,12-29H2,2-11H3,(H,48,49)/t32-,33+,34-,35+,36-,39+,42-,43+,44+,45+/m0/s1. The number of nitrogens with zero attached hydrogens (tertiary/aromatic N) is 2. The summed E-state index contributed by atoms with van der Waals surface area (Å²) < 4.78 is 6.31. The summed E-state index contributed by atoms with van der Waals surface area (Å²) in [4.78, 5) is 30.1. The zero-order chi connectivity index (χ0) is 37.4. The van der Waals surface area contributed by atoms with Gasteiger partial charge >= 0.3 is 11.9 Å². The van der Waals surface area contributed by atoms with Crippen LogP contribution in [0, 0.1) is 62.1 Å². The Hall–Kier alpha value is -1.40. The zero-order valence-corrected chi connectivity index (χ0v) is 34.5. The number of carboxylic acid groups (broad SMARTS) is 1. The summed E-state index contributed by atoms with van der Waals surface area (Å²) in [5.41, 5.74) is 2.06. The molecule has 0 spiro atoms. The third-order valence-corrected chi connectivity index (χ3v) is 17.8. The third-order valence-electron chi connectivity index (χ3n) is 17.8.